The van der Waals surface area contributed by atoms with Gasteiger partial charge in [0, 0.05) is 22.3 Å². The average molecular weight is 707 g/mol. The van der Waals surface area contributed by atoms with E-state index in [-0.39, 0.29) is 43.0 Å². The highest BCUT2D eigenvalue weighted by molar-refractivity contribution is 7.91. The van der Waals surface area contributed by atoms with Crippen LogP contribution in [-0.2, 0) is 19.4 Å². The summed E-state index contributed by atoms with van der Waals surface area (Å²) in [6.45, 7) is 24.1. The Hall–Kier alpha value is -4.63. The van der Waals surface area contributed by atoms with Crippen LogP contribution in [0.4, 0.5) is 11.4 Å². The van der Waals surface area contributed by atoms with Gasteiger partial charge in [-0.25, -0.2) is 8.42 Å². The lowest BCUT2D eigenvalue weighted by Gasteiger charge is -2.31. The number of hydrogen-bond acceptors (Lipinski definition) is 8. The predicted molar refractivity (Wildman–Crippen MR) is 204 cm³/mol. The first kappa shape index (κ1) is 39.2. The number of benzene rings is 2. The van der Waals surface area contributed by atoms with Crippen molar-refractivity contribution in [3.63, 3.8) is 0 Å². The lowest BCUT2D eigenvalue weighted by atomic mass is 9.72. The van der Waals surface area contributed by atoms with Gasteiger partial charge in [0.2, 0.25) is 9.84 Å². The smallest absolute Gasteiger partial charge is 0.206 e. The Bertz CT molecular complexity index is 2020. The quantitative estimate of drug-likeness (QED) is 0.278. The van der Waals surface area contributed by atoms with Crippen LogP contribution in [0.2, 0.25) is 0 Å². The van der Waals surface area contributed by atoms with Gasteiger partial charge in [-0.1, -0.05) is 89.2 Å². The summed E-state index contributed by atoms with van der Waals surface area (Å²) in [5, 5.41) is 17.0. The molecule has 0 saturated carbocycles. The van der Waals surface area contributed by atoms with Gasteiger partial charge >= 0.3 is 0 Å². The van der Waals surface area contributed by atoms with Crippen molar-refractivity contribution in [2.75, 3.05) is 0 Å². The number of carbonyl (C=O) groups excluding carboxylic acids is 2. The Balaban J connectivity index is 1.55. The van der Waals surface area contributed by atoms with Gasteiger partial charge in [0.15, 0.2) is 11.6 Å². The van der Waals surface area contributed by atoms with E-state index in [2.05, 4.69) is 20.5 Å². The molecule has 0 fully saturated rings. The van der Waals surface area contributed by atoms with Crippen LogP contribution in [0.25, 0.3) is 0 Å². The maximum atomic E-state index is 13.5. The van der Waals surface area contributed by atoms with Gasteiger partial charge in [-0.05, 0) is 99.6 Å². The molecule has 0 N–H and O–H groups in total. The van der Waals surface area contributed by atoms with Crippen molar-refractivity contribution < 1.29 is 18.0 Å². The molecule has 0 aliphatic heterocycles. The number of Topliss-reactive ketones (excluding diaryl/α,β-unsaturated/α-hetero) is 2. The Morgan fingerprint density at radius 1 is 0.490 bits per heavy atom. The van der Waals surface area contributed by atoms with E-state index in [1.54, 1.807) is 36.7 Å². The van der Waals surface area contributed by atoms with Crippen LogP contribution in [0.15, 0.2) is 149 Å². The standard InChI is InChI=1S/C42H50N4O4S/c1-39(2,3)33-20-27(21-34(37(33)47)40(4,5)6)25-43-45-29-16-18-31(19-17-29)51(49,50)32-15-13-14-30(24-32)46-44-26-28-22-35(41(7,8)9)38(48)36(23-28)42(10,11)12/h13-26H,1-12H3. The predicted octanol–water partition coefficient (Wildman–Crippen LogP) is 11.5. The van der Waals surface area contributed by atoms with Gasteiger partial charge in [0.1, 0.15) is 0 Å². The summed E-state index contributed by atoms with van der Waals surface area (Å²) in [7, 11) is -3.87. The van der Waals surface area contributed by atoms with Crippen LogP contribution in [0.1, 0.15) is 83.1 Å². The molecule has 0 radical (unpaired) electrons. The van der Waals surface area contributed by atoms with Gasteiger partial charge in [-0.2, -0.15) is 20.5 Å². The van der Waals surface area contributed by atoms with E-state index in [9.17, 15) is 18.0 Å². The number of carbonyl (C=O) groups is 2. The molecular formula is C42H50N4O4S. The maximum absolute atomic E-state index is 13.5. The zero-order valence-electron chi connectivity index (χ0n) is 31.9. The lowest BCUT2D eigenvalue weighted by Crippen LogP contribution is -2.27. The largest absolute Gasteiger partial charge is 0.289 e. The molecule has 4 rings (SSSR count). The normalized spacial score (nSPS) is 16.7. The molecule has 2 aliphatic carbocycles. The third kappa shape index (κ3) is 9.38. The van der Waals surface area contributed by atoms with Crippen LogP contribution in [0.3, 0.4) is 0 Å². The molecule has 0 aromatic heterocycles. The summed E-state index contributed by atoms with van der Waals surface area (Å²) in [6.07, 6.45) is 10.6. The molecule has 2 aromatic rings. The van der Waals surface area contributed by atoms with E-state index in [0.29, 0.717) is 33.7 Å². The van der Waals surface area contributed by atoms with Crippen molar-refractivity contribution in [2.24, 2.45) is 42.1 Å². The van der Waals surface area contributed by atoms with Crippen molar-refractivity contribution in [2.45, 2.75) is 92.9 Å². The number of nitrogens with zero attached hydrogens (tertiary/aromatic N) is 4. The zero-order valence-corrected chi connectivity index (χ0v) is 32.7. The molecule has 51 heavy (non-hydrogen) atoms. The highest BCUT2D eigenvalue weighted by atomic mass is 32.2. The van der Waals surface area contributed by atoms with Crippen molar-refractivity contribution in [1.82, 2.24) is 0 Å². The summed E-state index contributed by atoms with van der Waals surface area (Å²) < 4.78 is 27.1. The topological polar surface area (TPSA) is 118 Å². The summed E-state index contributed by atoms with van der Waals surface area (Å²) in [6, 6.07) is 12.5. The van der Waals surface area contributed by atoms with E-state index in [1.165, 1.54) is 24.3 Å². The maximum Gasteiger partial charge on any atom is 0.206 e. The first-order valence-electron chi connectivity index (χ1n) is 17.0. The average Bonchev–Trinajstić information content (AvgIpc) is 3.00. The fraction of sp³-hybridized carbons (Fsp3) is 0.381. The molecule has 0 saturated heterocycles. The van der Waals surface area contributed by atoms with Crippen molar-refractivity contribution in [3.8, 4) is 0 Å². The Labute approximate surface area is 303 Å². The number of rotatable bonds is 6. The van der Waals surface area contributed by atoms with E-state index >= 15 is 0 Å². The number of azo groups is 2. The second-order valence-corrected chi connectivity index (χ2v) is 19.0. The van der Waals surface area contributed by atoms with E-state index in [0.717, 1.165) is 11.1 Å². The number of ketones is 2. The molecule has 0 amide bonds. The first-order chi connectivity index (χ1) is 23.4. The molecule has 0 bridgehead atoms. The lowest BCUT2D eigenvalue weighted by molar-refractivity contribution is -0.114. The van der Waals surface area contributed by atoms with Crippen LogP contribution in [0, 0.1) is 21.7 Å². The van der Waals surface area contributed by atoms with E-state index < -0.39 is 9.84 Å². The van der Waals surface area contributed by atoms with Gasteiger partial charge in [-0.3, -0.25) is 9.59 Å². The Kier molecular flexibility index (Phi) is 10.9. The summed E-state index contributed by atoms with van der Waals surface area (Å²) in [5.74, 6) is 0.0807. The molecule has 2 aromatic carbocycles. The van der Waals surface area contributed by atoms with E-state index in [1.807, 2.05) is 107 Å². The minimum absolute atomic E-state index is 0.0351. The summed E-state index contributed by atoms with van der Waals surface area (Å²) in [5.41, 5.74) is 3.84. The third-order valence-corrected chi connectivity index (χ3v) is 10.3. The second kappa shape index (κ2) is 14.2. The van der Waals surface area contributed by atoms with Gasteiger partial charge in [0.25, 0.3) is 0 Å². The van der Waals surface area contributed by atoms with Crippen molar-refractivity contribution >= 4 is 32.8 Å². The van der Waals surface area contributed by atoms with Crippen LogP contribution in [0.5, 0.6) is 0 Å². The molecule has 8 nitrogen and oxygen atoms in total. The zero-order chi connectivity index (χ0) is 38.2. The van der Waals surface area contributed by atoms with Gasteiger partial charge < -0.3 is 0 Å². The van der Waals surface area contributed by atoms with Crippen LogP contribution < -0.4 is 0 Å². The minimum Gasteiger partial charge on any atom is -0.289 e. The molecular weight excluding hydrogens is 657 g/mol. The van der Waals surface area contributed by atoms with Crippen molar-refractivity contribution in [3.05, 3.63) is 119 Å². The molecule has 0 spiro atoms. The molecule has 2 aliphatic rings. The Morgan fingerprint density at radius 2 is 0.863 bits per heavy atom. The number of allylic oxidation sites excluding steroid dienone is 10. The summed E-state index contributed by atoms with van der Waals surface area (Å²) in [4.78, 5) is 26.6. The first-order valence-corrected chi connectivity index (χ1v) is 18.5. The fourth-order valence-corrected chi connectivity index (χ4v) is 6.85. The SMILES string of the molecule is CC(C)(C)C1=CC(=CN=Nc2ccc(S(=O)(=O)c3cccc(N=NC=C4C=C(C(C)(C)C)C(=O)C(C(C)(C)C)=C4)c3)cc2)C=C(C(C)(C)C)C1=O. The third-order valence-electron chi connectivity index (χ3n) is 8.49. The number of hydrogen-bond donors (Lipinski definition) is 0. The van der Waals surface area contributed by atoms with E-state index in [4.69, 9.17) is 0 Å². The minimum atomic E-state index is -3.87. The molecule has 268 valence electrons. The molecule has 0 unspecified atom stereocenters. The van der Waals surface area contributed by atoms with Gasteiger partial charge in [-0.15, -0.1) is 0 Å². The Morgan fingerprint density at radius 3 is 1.24 bits per heavy atom. The second-order valence-electron chi connectivity index (χ2n) is 17.1. The summed E-state index contributed by atoms with van der Waals surface area (Å²) >= 11 is 0. The molecule has 0 heterocycles. The highest BCUT2D eigenvalue weighted by Gasteiger charge is 2.35. The van der Waals surface area contributed by atoms with Crippen LogP contribution in [-0.4, -0.2) is 20.0 Å². The monoisotopic (exact) mass is 706 g/mol. The van der Waals surface area contributed by atoms with Crippen LogP contribution >= 0.6 is 0 Å². The fourth-order valence-electron chi connectivity index (χ4n) is 5.55. The van der Waals surface area contributed by atoms with Crippen molar-refractivity contribution in [1.29, 1.82) is 0 Å². The molecule has 0 atom stereocenters. The highest BCUT2D eigenvalue weighted by Crippen LogP contribution is 2.40. The number of sulfone groups is 1. The molecule has 9 heteroatoms. The van der Waals surface area contributed by atoms with Gasteiger partial charge in [0.05, 0.1) is 33.6 Å².